The van der Waals surface area contributed by atoms with Crippen molar-refractivity contribution in [1.29, 1.82) is 0 Å². The number of halogens is 6. The first-order chi connectivity index (χ1) is 17.9. The molecule has 0 bridgehead atoms. The fraction of sp³-hybridized carbons (Fsp3) is 0.548. The molecule has 0 radical (unpaired) electrons. The maximum Gasteiger partial charge on any atom is 0.273 e. The molecule has 0 spiro atoms. The van der Waals surface area contributed by atoms with Crippen molar-refractivity contribution in [3.63, 3.8) is 0 Å². The summed E-state index contributed by atoms with van der Waals surface area (Å²) in [5.74, 6) is -1.52. The van der Waals surface area contributed by atoms with E-state index in [0.717, 1.165) is 56.1 Å². The maximum atomic E-state index is 14.8. The van der Waals surface area contributed by atoms with Crippen molar-refractivity contribution < 1.29 is 26.3 Å². The topological polar surface area (TPSA) is 0 Å². The normalized spacial score (nSPS) is 20.1. The van der Waals surface area contributed by atoms with Gasteiger partial charge in [0.05, 0.1) is 6.67 Å². The van der Waals surface area contributed by atoms with Gasteiger partial charge in [-0.05, 0) is 67.2 Å². The lowest BCUT2D eigenvalue weighted by atomic mass is 9.79. The summed E-state index contributed by atoms with van der Waals surface area (Å²) in [5.41, 5.74) is 1.67. The monoisotopic (exact) mass is 526 g/mol. The Morgan fingerprint density at radius 3 is 2.05 bits per heavy atom. The van der Waals surface area contributed by atoms with Crippen LogP contribution in [0.3, 0.4) is 0 Å². The number of hydrogen-bond acceptors (Lipinski definition) is 0. The molecular formula is C31H40F6. The summed E-state index contributed by atoms with van der Waals surface area (Å²) in [7, 11) is 0. The molecule has 2 aliphatic rings. The van der Waals surface area contributed by atoms with E-state index in [4.69, 9.17) is 0 Å². The molecule has 206 valence electrons. The van der Waals surface area contributed by atoms with E-state index in [-0.39, 0.29) is 30.7 Å². The standard InChI is InChI=1S/C29H34F6.C2H6/c30-17-7-5-3-1-2-4-6-8-20-9-15-24(26(31)18-20)22-12-10-21(11-13-22)23-14-16-25(27(32)19-23)28(33)29(34)35;1-2/h9-10,12-13,15-16,18-19,21,23,28-29H,1-8,11,14,17H2;1-2H3. The molecule has 3 rings (SSSR count). The molecule has 37 heavy (non-hydrogen) atoms. The summed E-state index contributed by atoms with van der Waals surface area (Å²) in [6, 6.07) is 5.32. The lowest BCUT2D eigenvalue weighted by Crippen LogP contribution is -2.21. The van der Waals surface area contributed by atoms with Crippen LogP contribution in [-0.4, -0.2) is 19.3 Å². The molecule has 0 saturated carbocycles. The summed E-state index contributed by atoms with van der Waals surface area (Å²) >= 11 is 0. The largest absolute Gasteiger partial charge is 0.273 e. The first kappa shape index (κ1) is 31.0. The summed E-state index contributed by atoms with van der Waals surface area (Å²) in [4.78, 5) is 0. The first-order valence-electron chi connectivity index (χ1n) is 13.6. The summed E-state index contributed by atoms with van der Waals surface area (Å²) in [6.45, 7) is 3.76. The Kier molecular flexibility index (Phi) is 13.9. The van der Waals surface area contributed by atoms with Crippen LogP contribution in [-0.2, 0) is 6.42 Å². The highest BCUT2D eigenvalue weighted by molar-refractivity contribution is 5.75. The van der Waals surface area contributed by atoms with E-state index in [1.807, 2.05) is 38.1 Å². The van der Waals surface area contributed by atoms with Crippen molar-refractivity contribution in [2.24, 2.45) is 11.8 Å². The highest BCUT2D eigenvalue weighted by Crippen LogP contribution is 2.37. The summed E-state index contributed by atoms with van der Waals surface area (Å²) in [6.07, 6.45) is 10.9. The molecule has 0 aromatic heterocycles. The third-order valence-corrected chi connectivity index (χ3v) is 6.89. The van der Waals surface area contributed by atoms with E-state index in [2.05, 4.69) is 0 Å². The third kappa shape index (κ3) is 9.54. The van der Waals surface area contributed by atoms with Gasteiger partial charge in [0.15, 0.2) is 6.17 Å². The van der Waals surface area contributed by atoms with E-state index in [1.54, 1.807) is 12.1 Å². The number of hydrogen-bond donors (Lipinski definition) is 0. The van der Waals surface area contributed by atoms with E-state index >= 15 is 0 Å². The lowest BCUT2D eigenvalue weighted by molar-refractivity contribution is 0.0682. The average Bonchev–Trinajstić information content (AvgIpc) is 2.91. The van der Waals surface area contributed by atoms with Crippen molar-refractivity contribution in [1.82, 2.24) is 0 Å². The number of aryl methyl sites for hydroxylation is 1. The van der Waals surface area contributed by atoms with Gasteiger partial charge < -0.3 is 0 Å². The molecule has 1 aromatic carbocycles. The second kappa shape index (κ2) is 16.6. The van der Waals surface area contributed by atoms with Crippen LogP contribution in [0.25, 0.3) is 5.57 Å². The maximum absolute atomic E-state index is 14.8. The Hall–Kier alpha value is -2.24. The fourth-order valence-corrected chi connectivity index (χ4v) is 4.80. The van der Waals surface area contributed by atoms with Gasteiger partial charge in [0.1, 0.15) is 11.6 Å². The second-order valence-electron chi connectivity index (χ2n) is 9.46. The minimum Gasteiger partial charge on any atom is -0.251 e. The number of rotatable bonds is 13. The Morgan fingerprint density at radius 1 is 0.838 bits per heavy atom. The quantitative estimate of drug-likeness (QED) is 0.177. The molecule has 0 N–H and O–H groups in total. The second-order valence-corrected chi connectivity index (χ2v) is 9.46. The van der Waals surface area contributed by atoms with Crippen molar-refractivity contribution >= 4 is 5.57 Å². The molecule has 0 aliphatic heterocycles. The van der Waals surface area contributed by atoms with E-state index < -0.39 is 24.0 Å². The van der Waals surface area contributed by atoms with Crippen LogP contribution in [0.5, 0.6) is 0 Å². The smallest absolute Gasteiger partial charge is 0.251 e. The zero-order chi connectivity index (χ0) is 27.2. The Balaban J connectivity index is 0.00000235. The molecular weight excluding hydrogens is 486 g/mol. The van der Waals surface area contributed by atoms with Crippen LogP contribution in [0, 0.1) is 17.7 Å². The highest BCUT2D eigenvalue weighted by atomic mass is 19.3. The van der Waals surface area contributed by atoms with Gasteiger partial charge >= 0.3 is 0 Å². The van der Waals surface area contributed by atoms with Crippen LogP contribution >= 0.6 is 0 Å². The van der Waals surface area contributed by atoms with Gasteiger partial charge in [-0.1, -0.05) is 82.4 Å². The van der Waals surface area contributed by atoms with Crippen LogP contribution in [0.2, 0.25) is 0 Å². The molecule has 0 heterocycles. The average molecular weight is 527 g/mol. The highest BCUT2D eigenvalue weighted by Gasteiger charge is 2.31. The number of allylic oxidation sites excluding steroid dienone is 8. The van der Waals surface area contributed by atoms with Crippen LogP contribution < -0.4 is 0 Å². The Bertz CT molecular complexity index is 943. The molecule has 1 aromatic rings. The molecule has 3 unspecified atom stereocenters. The minimum atomic E-state index is -3.25. The van der Waals surface area contributed by atoms with Gasteiger partial charge in [0.2, 0.25) is 0 Å². The first-order valence-corrected chi connectivity index (χ1v) is 13.6. The Morgan fingerprint density at radius 2 is 1.49 bits per heavy atom. The lowest BCUT2D eigenvalue weighted by Gasteiger charge is -2.26. The number of benzene rings is 1. The number of unbranched alkanes of at least 4 members (excludes halogenated alkanes) is 6. The van der Waals surface area contributed by atoms with Gasteiger partial charge in [-0.15, -0.1) is 0 Å². The van der Waals surface area contributed by atoms with Crippen molar-refractivity contribution in [3.05, 3.63) is 76.9 Å². The van der Waals surface area contributed by atoms with Gasteiger partial charge in [-0.25, -0.2) is 22.0 Å². The van der Waals surface area contributed by atoms with Crippen molar-refractivity contribution in [2.75, 3.05) is 6.67 Å². The van der Waals surface area contributed by atoms with Crippen molar-refractivity contribution in [3.8, 4) is 0 Å². The van der Waals surface area contributed by atoms with Crippen LogP contribution in [0.15, 0.2) is 60.0 Å². The minimum absolute atomic E-state index is 0.0637. The Labute approximate surface area is 218 Å². The van der Waals surface area contributed by atoms with Gasteiger partial charge in [-0.3, -0.25) is 4.39 Å². The third-order valence-electron chi connectivity index (χ3n) is 6.89. The predicted molar refractivity (Wildman–Crippen MR) is 141 cm³/mol. The van der Waals surface area contributed by atoms with Gasteiger partial charge in [0, 0.05) is 11.1 Å². The van der Waals surface area contributed by atoms with Gasteiger partial charge in [0.25, 0.3) is 6.43 Å². The zero-order valence-electron chi connectivity index (χ0n) is 22.0. The van der Waals surface area contributed by atoms with Crippen molar-refractivity contribution in [2.45, 2.75) is 90.7 Å². The van der Waals surface area contributed by atoms with Crippen LogP contribution in [0.1, 0.15) is 82.8 Å². The molecule has 0 amide bonds. The fourth-order valence-electron chi connectivity index (χ4n) is 4.80. The van der Waals surface area contributed by atoms with Gasteiger partial charge in [-0.2, -0.15) is 0 Å². The summed E-state index contributed by atoms with van der Waals surface area (Å²) in [5, 5.41) is 0. The molecule has 0 nitrogen and oxygen atoms in total. The molecule has 2 aliphatic carbocycles. The van der Waals surface area contributed by atoms with Crippen LogP contribution in [0.4, 0.5) is 26.3 Å². The zero-order valence-corrected chi connectivity index (χ0v) is 22.0. The van der Waals surface area contributed by atoms with E-state index in [0.29, 0.717) is 18.4 Å². The molecule has 0 saturated heterocycles. The molecule has 0 fully saturated rings. The van der Waals surface area contributed by atoms with E-state index in [9.17, 15) is 26.3 Å². The van der Waals surface area contributed by atoms with E-state index in [1.165, 1.54) is 12.2 Å². The SMILES string of the molecule is CC.FCCCCCCCCCc1ccc(C2=CCC(C3C=C(F)C(C(F)C(F)F)=CC3)C=C2)c(F)c1. The predicted octanol–water partition coefficient (Wildman–Crippen LogP) is 10.5. The number of alkyl halides is 4. The molecule has 3 atom stereocenters. The molecule has 6 heteroatoms. The summed E-state index contributed by atoms with van der Waals surface area (Å²) < 4.78 is 79.7.